The Hall–Kier alpha value is -2.05. The number of carbonyl (C=O) groups is 1. The first-order valence-electron chi connectivity index (χ1n) is 7.58. The van der Waals surface area contributed by atoms with Crippen molar-refractivity contribution in [1.29, 1.82) is 0 Å². The zero-order chi connectivity index (χ0) is 16.9. The van der Waals surface area contributed by atoms with Gasteiger partial charge in [0, 0.05) is 6.54 Å². The molecule has 1 amide bonds. The summed E-state index contributed by atoms with van der Waals surface area (Å²) >= 11 is 3.11. The van der Waals surface area contributed by atoms with Gasteiger partial charge in [-0.05, 0) is 36.8 Å². The molecule has 0 aliphatic carbocycles. The molecule has 0 aliphatic rings. The van der Waals surface area contributed by atoms with Crippen molar-refractivity contribution < 1.29 is 9.53 Å². The number of fused-ring (bicyclic) bond motifs is 1. The molecule has 3 rings (SSSR count). The van der Waals surface area contributed by atoms with E-state index in [9.17, 15) is 4.79 Å². The van der Waals surface area contributed by atoms with Gasteiger partial charge in [-0.25, -0.2) is 4.98 Å². The van der Waals surface area contributed by atoms with Crippen LogP contribution in [0.15, 0.2) is 52.9 Å². The van der Waals surface area contributed by atoms with Crippen LogP contribution >= 0.6 is 23.1 Å². The molecule has 6 heteroatoms. The van der Waals surface area contributed by atoms with Crippen LogP contribution in [0.1, 0.15) is 12.5 Å². The molecule has 0 aliphatic heterocycles. The Balaban J connectivity index is 1.55. The number of nitrogens with zero attached hydrogens (tertiary/aromatic N) is 1. The van der Waals surface area contributed by atoms with E-state index in [1.807, 2.05) is 55.5 Å². The highest BCUT2D eigenvalue weighted by atomic mass is 32.2. The second-order valence-corrected chi connectivity index (χ2v) is 7.89. The third kappa shape index (κ3) is 4.07. The van der Waals surface area contributed by atoms with Crippen molar-refractivity contribution in [2.75, 3.05) is 7.11 Å². The standard InChI is InChI=1S/C18H18N2O2S2/c1-12(23-18-20-15-5-3-4-6-16(15)24-18)17(21)19-11-13-7-9-14(22-2)10-8-13/h3-10,12H,11H2,1-2H3,(H,19,21)/t12-/m1/s1. The van der Waals surface area contributed by atoms with Gasteiger partial charge in [-0.2, -0.15) is 0 Å². The number of amides is 1. The Morgan fingerprint density at radius 2 is 2.00 bits per heavy atom. The van der Waals surface area contributed by atoms with Crippen molar-refractivity contribution >= 4 is 39.2 Å². The average Bonchev–Trinajstić information content (AvgIpc) is 3.02. The van der Waals surface area contributed by atoms with Gasteiger partial charge in [0.1, 0.15) is 5.75 Å². The SMILES string of the molecule is COc1ccc(CNC(=O)[C@@H](C)Sc2nc3ccccc3s2)cc1. The van der Waals surface area contributed by atoms with E-state index >= 15 is 0 Å². The molecule has 0 unspecified atom stereocenters. The zero-order valence-electron chi connectivity index (χ0n) is 13.5. The van der Waals surface area contributed by atoms with Gasteiger partial charge in [0.25, 0.3) is 0 Å². The average molecular weight is 358 g/mol. The first-order chi connectivity index (χ1) is 11.7. The number of rotatable bonds is 6. The highest BCUT2D eigenvalue weighted by molar-refractivity contribution is 8.02. The van der Waals surface area contributed by atoms with E-state index in [0.717, 1.165) is 25.9 Å². The largest absolute Gasteiger partial charge is 0.497 e. The summed E-state index contributed by atoms with van der Waals surface area (Å²) in [7, 11) is 1.64. The smallest absolute Gasteiger partial charge is 0.233 e. The topological polar surface area (TPSA) is 51.2 Å². The molecule has 1 N–H and O–H groups in total. The first-order valence-corrected chi connectivity index (χ1v) is 9.28. The van der Waals surface area contributed by atoms with Gasteiger partial charge in [0.05, 0.1) is 22.6 Å². The molecule has 1 atom stereocenters. The van der Waals surface area contributed by atoms with E-state index in [1.54, 1.807) is 18.4 Å². The van der Waals surface area contributed by atoms with Gasteiger partial charge in [-0.3, -0.25) is 4.79 Å². The quantitative estimate of drug-likeness (QED) is 0.674. The van der Waals surface area contributed by atoms with Gasteiger partial charge in [-0.1, -0.05) is 36.0 Å². The summed E-state index contributed by atoms with van der Waals surface area (Å²) < 4.78 is 7.19. The predicted molar refractivity (Wildman–Crippen MR) is 99.8 cm³/mol. The molecular weight excluding hydrogens is 340 g/mol. The first kappa shape index (κ1) is 16.8. The van der Waals surface area contributed by atoms with Gasteiger partial charge >= 0.3 is 0 Å². The number of hydrogen-bond acceptors (Lipinski definition) is 5. The monoisotopic (exact) mass is 358 g/mol. The zero-order valence-corrected chi connectivity index (χ0v) is 15.1. The minimum Gasteiger partial charge on any atom is -0.497 e. The number of thioether (sulfide) groups is 1. The Morgan fingerprint density at radius 3 is 2.71 bits per heavy atom. The van der Waals surface area contributed by atoms with E-state index in [0.29, 0.717) is 6.54 Å². The van der Waals surface area contributed by atoms with Crippen molar-refractivity contribution in [3.63, 3.8) is 0 Å². The minimum atomic E-state index is -0.191. The van der Waals surface area contributed by atoms with Crippen LogP contribution in [0.2, 0.25) is 0 Å². The maximum absolute atomic E-state index is 12.3. The van der Waals surface area contributed by atoms with Crippen LogP contribution in [0.4, 0.5) is 0 Å². The van der Waals surface area contributed by atoms with E-state index in [1.165, 1.54) is 11.8 Å². The lowest BCUT2D eigenvalue weighted by molar-refractivity contribution is -0.120. The normalized spacial score (nSPS) is 12.1. The number of aromatic nitrogens is 1. The number of carbonyl (C=O) groups excluding carboxylic acids is 1. The second kappa shape index (κ2) is 7.68. The van der Waals surface area contributed by atoms with E-state index in [2.05, 4.69) is 10.3 Å². The van der Waals surface area contributed by atoms with Crippen LogP contribution in [-0.4, -0.2) is 23.3 Å². The fourth-order valence-electron chi connectivity index (χ4n) is 2.18. The summed E-state index contributed by atoms with van der Waals surface area (Å²) in [4.78, 5) is 16.8. The van der Waals surface area contributed by atoms with Gasteiger partial charge in [-0.15, -0.1) is 11.3 Å². The maximum atomic E-state index is 12.3. The third-order valence-electron chi connectivity index (χ3n) is 3.55. The summed E-state index contributed by atoms with van der Waals surface area (Å²) in [6.45, 7) is 2.41. The number of hydrogen-bond donors (Lipinski definition) is 1. The number of thiazole rings is 1. The molecule has 1 heterocycles. The molecular formula is C18H18N2O2S2. The van der Waals surface area contributed by atoms with Gasteiger partial charge in [0.2, 0.25) is 5.91 Å². The molecule has 0 fully saturated rings. The lowest BCUT2D eigenvalue weighted by Gasteiger charge is -2.10. The van der Waals surface area contributed by atoms with E-state index < -0.39 is 0 Å². The van der Waals surface area contributed by atoms with Crippen molar-refractivity contribution in [2.24, 2.45) is 0 Å². The summed E-state index contributed by atoms with van der Waals surface area (Å²) in [5.74, 6) is 0.819. The fraction of sp³-hybridized carbons (Fsp3) is 0.222. The molecule has 124 valence electrons. The van der Waals surface area contributed by atoms with Crippen LogP contribution in [0, 0.1) is 0 Å². The van der Waals surface area contributed by atoms with Crippen LogP contribution in [0.3, 0.4) is 0 Å². The van der Waals surface area contributed by atoms with Crippen molar-refractivity contribution in [1.82, 2.24) is 10.3 Å². The number of ether oxygens (including phenoxy) is 1. The number of benzene rings is 2. The summed E-state index contributed by atoms with van der Waals surface area (Å²) in [6, 6.07) is 15.7. The third-order valence-corrected chi connectivity index (χ3v) is 5.78. The van der Waals surface area contributed by atoms with E-state index in [4.69, 9.17) is 4.74 Å². The highest BCUT2D eigenvalue weighted by Crippen LogP contribution is 2.31. The molecule has 0 saturated carbocycles. The highest BCUT2D eigenvalue weighted by Gasteiger charge is 2.16. The van der Waals surface area contributed by atoms with Gasteiger partial charge in [0.15, 0.2) is 4.34 Å². The van der Waals surface area contributed by atoms with E-state index in [-0.39, 0.29) is 11.2 Å². The Morgan fingerprint density at radius 1 is 1.25 bits per heavy atom. The predicted octanol–water partition coefficient (Wildman–Crippen LogP) is 4.10. The Kier molecular flexibility index (Phi) is 5.37. The Labute approximate surface area is 149 Å². The number of methoxy groups -OCH3 is 1. The molecule has 0 saturated heterocycles. The molecule has 4 nitrogen and oxygen atoms in total. The van der Waals surface area contributed by atoms with Crippen molar-refractivity contribution in [3.8, 4) is 5.75 Å². The molecule has 0 radical (unpaired) electrons. The van der Waals surface area contributed by atoms with Crippen LogP contribution in [0.25, 0.3) is 10.2 Å². The molecule has 0 bridgehead atoms. The lowest BCUT2D eigenvalue weighted by atomic mass is 10.2. The van der Waals surface area contributed by atoms with Gasteiger partial charge < -0.3 is 10.1 Å². The van der Waals surface area contributed by atoms with Crippen LogP contribution < -0.4 is 10.1 Å². The molecule has 24 heavy (non-hydrogen) atoms. The molecule has 1 aromatic heterocycles. The summed E-state index contributed by atoms with van der Waals surface area (Å²) in [6.07, 6.45) is 0. The molecule has 2 aromatic carbocycles. The second-order valence-electron chi connectivity index (χ2n) is 5.27. The van der Waals surface area contributed by atoms with Crippen molar-refractivity contribution in [3.05, 3.63) is 54.1 Å². The molecule has 3 aromatic rings. The lowest BCUT2D eigenvalue weighted by Crippen LogP contribution is -2.30. The maximum Gasteiger partial charge on any atom is 0.233 e. The fourth-order valence-corrected chi connectivity index (χ4v) is 4.42. The Bertz CT molecular complexity index is 797. The van der Waals surface area contributed by atoms with Crippen LogP contribution in [0.5, 0.6) is 5.75 Å². The summed E-state index contributed by atoms with van der Waals surface area (Å²) in [5, 5.41) is 2.78. The minimum absolute atomic E-state index is 0.00933. The number of nitrogens with one attached hydrogen (secondary N) is 1. The number of para-hydroxylation sites is 1. The summed E-state index contributed by atoms with van der Waals surface area (Å²) in [5.41, 5.74) is 2.03. The van der Waals surface area contributed by atoms with Crippen molar-refractivity contribution in [2.45, 2.75) is 23.1 Å². The molecule has 0 spiro atoms. The van der Waals surface area contributed by atoms with Crippen LogP contribution in [-0.2, 0) is 11.3 Å².